The molecule has 0 bridgehead atoms. The van der Waals surface area contributed by atoms with Gasteiger partial charge in [-0.3, -0.25) is 9.98 Å². The van der Waals surface area contributed by atoms with E-state index in [-0.39, 0.29) is 5.54 Å². The van der Waals surface area contributed by atoms with Gasteiger partial charge in [-0.15, -0.1) is 0 Å². The topological polar surface area (TPSA) is 67.6 Å². The molecule has 3 aliphatic rings. The van der Waals surface area contributed by atoms with Gasteiger partial charge in [0.05, 0.1) is 17.9 Å². The lowest BCUT2D eigenvalue weighted by Crippen LogP contribution is -2.45. The Morgan fingerprint density at radius 2 is 1.84 bits per heavy atom. The highest BCUT2D eigenvalue weighted by Gasteiger charge is 2.25. The third kappa shape index (κ3) is 8.80. The number of guanidine groups is 1. The molecule has 1 heterocycles. The maximum Gasteiger partial charge on any atom is 0.222 e. The Morgan fingerprint density at radius 3 is 2.50 bits per heavy atom. The molecule has 0 amide bonds. The van der Waals surface area contributed by atoms with Crippen molar-refractivity contribution < 1.29 is 0 Å². The normalized spacial score (nSPS) is 23.8. The predicted octanol–water partition coefficient (Wildman–Crippen LogP) is 5.86. The van der Waals surface area contributed by atoms with Crippen LogP contribution in [0, 0.1) is 5.92 Å². The van der Waals surface area contributed by atoms with Gasteiger partial charge >= 0.3 is 0 Å². The predicted molar refractivity (Wildman–Crippen MR) is 167 cm³/mol. The molecule has 1 atom stereocenters. The molecule has 206 valence electrons. The number of likely N-dealkylation sites (N-methyl/N-ethyl adjacent to an activating group) is 1. The Kier molecular flexibility index (Phi) is 10.6. The van der Waals surface area contributed by atoms with Crippen LogP contribution in [0.4, 0.5) is 11.4 Å². The first kappa shape index (κ1) is 28.6. The summed E-state index contributed by atoms with van der Waals surface area (Å²) in [5.41, 5.74) is 2.15. The van der Waals surface area contributed by atoms with E-state index in [1.165, 1.54) is 31.4 Å². The number of hydrogen-bond donors (Lipinski definition) is 2. The number of halogens is 1. The van der Waals surface area contributed by atoms with Crippen LogP contribution >= 0.6 is 15.9 Å². The minimum Gasteiger partial charge on any atom is -0.369 e. The Labute approximate surface area is 237 Å². The maximum absolute atomic E-state index is 4.95. The van der Waals surface area contributed by atoms with Gasteiger partial charge in [0.2, 0.25) is 5.96 Å². The Balaban J connectivity index is 1.35. The lowest BCUT2D eigenvalue weighted by Gasteiger charge is -2.34. The van der Waals surface area contributed by atoms with Crippen LogP contribution < -0.4 is 15.5 Å². The van der Waals surface area contributed by atoms with Crippen LogP contribution in [0.25, 0.3) is 0 Å². The Bertz CT molecular complexity index is 1040. The van der Waals surface area contributed by atoms with Crippen molar-refractivity contribution in [1.82, 2.24) is 10.2 Å². The van der Waals surface area contributed by atoms with Crippen molar-refractivity contribution in [2.75, 3.05) is 56.5 Å². The Morgan fingerprint density at radius 1 is 1.11 bits per heavy atom. The van der Waals surface area contributed by atoms with E-state index in [2.05, 4.69) is 103 Å². The van der Waals surface area contributed by atoms with E-state index in [9.17, 15) is 0 Å². The van der Waals surface area contributed by atoms with Gasteiger partial charge in [0.15, 0.2) is 0 Å². The van der Waals surface area contributed by atoms with E-state index in [0.29, 0.717) is 19.0 Å². The third-order valence-electron chi connectivity index (χ3n) is 7.60. The zero-order chi connectivity index (χ0) is 26.8. The van der Waals surface area contributed by atoms with E-state index in [4.69, 9.17) is 4.99 Å². The highest BCUT2D eigenvalue weighted by Crippen LogP contribution is 2.29. The average Bonchev–Trinajstić information content (AvgIpc) is 3.42. The van der Waals surface area contributed by atoms with E-state index < -0.39 is 0 Å². The number of hydrogen-bond acceptors (Lipinski definition) is 4. The highest BCUT2D eigenvalue weighted by molar-refractivity contribution is 9.11. The van der Waals surface area contributed by atoms with Crippen molar-refractivity contribution in [2.45, 2.75) is 57.9 Å². The van der Waals surface area contributed by atoms with Crippen molar-refractivity contribution in [3.63, 3.8) is 0 Å². The lowest BCUT2D eigenvalue weighted by molar-refractivity contribution is 0.313. The summed E-state index contributed by atoms with van der Waals surface area (Å²) in [6.45, 7) is 9.81. The largest absolute Gasteiger partial charge is 0.369 e. The van der Waals surface area contributed by atoms with Crippen LogP contribution in [0.5, 0.6) is 0 Å². The number of rotatable bonds is 8. The number of allylic oxidation sites excluding steroid dienone is 2. The number of nitrogens with one attached hydrogen (secondary N) is 2. The number of aliphatic imine (C=N–C) groups is 3. The van der Waals surface area contributed by atoms with Crippen LogP contribution in [0.15, 0.2) is 62.0 Å². The molecule has 2 N–H and O–H groups in total. The fraction of sp³-hybridized carbons (Fsp3) is 0.567. The van der Waals surface area contributed by atoms with E-state index >= 15 is 0 Å². The zero-order valence-electron chi connectivity index (χ0n) is 23.3. The summed E-state index contributed by atoms with van der Waals surface area (Å²) in [5.74, 6) is 2.44. The molecule has 1 aromatic carbocycles. The number of nitrogens with zero attached hydrogens (tertiary/aromatic N) is 5. The lowest BCUT2D eigenvalue weighted by atomic mass is 9.92. The summed E-state index contributed by atoms with van der Waals surface area (Å²) in [5, 5.41) is 7.13. The molecular weight excluding hydrogens is 538 g/mol. The summed E-state index contributed by atoms with van der Waals surface area (Å²) in [4.78, 5) is 19.0. The molecule has 0 spiro atoms. The number of anilines is 2. The molecule has 38 heavy (non-hydrogen) atoms. The summed E-state index contributed by atoms with van der Waals surface area (Å²) >= 11 is 3.58. The van der Waals surface area contributed by atoms with Crippen LogP contribution in [0.3, 0.4) is 0 Å². The zero-order valence-corrected chi connectivity index (χ0v) is 24.9. The van der Waals surface area contributed by atoms with Gasteiger partial charge in [-0.25, -0.2) is 4.99 Å². The van der Waals surface area contributed by atoms with Gasteiger partial charge in [0.25, 0.3) is 0 Å². The van der Waals surface area contributed by atoms with Gasteiger partial charge in [0, 0.05) is 61.2 Å². The first-order valence-electron chi connectivity index (χ1n) is 14.2. The monoisotopic (exact) mass is 581 g/mol. The molecule has 8 heteroatoms. The first-order valence-corrected chi connectivity index (χ1v) is 15.0. The second kappa shape index (κ2) is 14.1. The molecule has 1 unspecified atom stereocenters. The smallest absolute Gasteiger partial charge is 0.222 e. The first-order chi connectivity index (χ1) is 18.4. The van der Waals surface area contributed by atoms with Gasteiger partial charge in [-0.2, -0.15) is 0 Å². The quantitative estimate of drug-likeness (QED) is 0.298. The molecule has 4 rings (SSSR count). The maximum atomic E-state index is 4.95. The molecule has 2 fully saturated rings. The molecular formula is C30H44BrN7. The summed E-state index contributed by atoms with van der Waals surface area (Å²) in [6.07, 6.45) is 15.7. The third-order valence-corrected chi connectivity index (χ3v) is 8.18. The fourth-order valence-electron chi connectivity index (χ4n) is 5.26. The molecule has 1 aliphatic heterocycles. The molecule has 7 nitrogen and oxygen atoms in total. The van der Waals surface area contributed by atoms with Crippen molar-refractivity contribution in [1.29, 1.82) is 0 Å². The summed E-state index contributed by atoms with van der Waals surface area (Å²) in [6, 6.07) is 8.59. The van der Waals surface area contributed by atoms with Crippen molar-refractivity contribution in [3.8, 4) is 0 Å². The van der Waals surface area contributed by atoms with Gasteiger partial charge < -0.3 is 20.4 Å². The van der Waals surface area contributed by atoms with Crippen molar-refractivity contribution in [3.05, 3.63) is 47.0 Å². The van der Waals surface area contributed by atoms with Crippen LogP contribution in [0.1, 0.15) is 52.4 Å². The van der Waals surface area contributed by atoms with Crippen LogP contribution in [-0.4, -0.2) is 74.8 Å². The molecule has 2 aliphatic carbocycles. The van der Waals surface area contributed by atoms with Crippen molar-refractivity contribution >= 4 is 45.3 Å². The van der Waals surface area contributed by atoms with Crippen LogP contribution in [0.2, 0.25) is 0 Å². The minimum atomic E-state index is -0.113. The highest BCUT2D eigenvalue weighted by atomic mass is 79.9. The second-order valence-electron chi connectivity index (χ2n) is 10.9. The Hall–Kier alpha value is -2.45. The summed E-state index contributed by atoms with van der Waals surface area (Å²) in [7, 11) is 2.18. The van der Waals surface area contributed by atoms with E-state index in [1.807, 2.05) is 13.1 Å². The summed E-state index contributed by atoms with van der Waals surface area (Å²) < 4.78 is 1.14. The average molecular weight is 583 g/mol. The van der Waals surface area contributed by atoms with Gasteiger partial charge in [-0.05, 0) is 63.6 Å². The fourth-order valence-corrected chi connectivity index (χ4v) is 5.56. The van der Waals surface area contributed by atoms with E-state index in [1.54, 1.807) is 0 Å². The minimum absolute atomic E-state index is 0.113. The standard InChI is InChI=1S/C30H44BrN7/c1-4-32-29(35-26-9-11-27(12-10-26)38-21-19-37(3)20-22-38)34-18-17-33-28(23-24-7-5-6-8-24)36-30(2)15-13-25(31)14-16-30/h9-15,18,24H,4-8,16-17,19-23H2,1-3H3,(H,32,35)(H,33,36)/b34-18-. The molecule has 1 saturated carbocycles. The number of amidine groups is 1. The number of piperazine rings is 1. The molecule has 0 radical (unpaired) electrons. The number of benzene rings is 1. The molecule has 1 saturated heterocycles. The molecule has 1 aromatic rings. The van der Waals surface area contributed by atoms with Gasteiger partial charge in [0.1, 0.15) is 0 Å². The van der Waals surface area contributed by atoms with Crippen LogP contribution in [-0.2, 0) is 0 Å². The van der Waals surface area contributed by atoms with E-state index in [0.717, 1.165) is 60.9 Å². The molecule has 0 aromatic heterocycles. The second-order valence-corrected chi connectivity index (χ2v) is 11.8. The van der Waals surface area contributed by atoms with Crippen molar-refractivity contribution in [2.24, 2.45) is 20.9 Å². The van der Waals surface area contributed by atoms with Gasteiger partial charge in [-0.1, -0.05) is 53.8 Å². The SMILES string of the molecule is CC/N=C(\N=C/C/N=C(\CC1CCCC1)NC1(C)C=CC(Br)=CC1)Nc1ccc(N2CCN(C)CC2)cc1.